The summed E-state index contributed by atoms with van der Waals surface area (Å²) in [5.41, 5.74) is -1.57. The highest BCUT2D eigenvalue weighted by atomic mass is 19.4. The Morgan fingerprint density at radius 3 is 2.56 bits per heavy atom. The number of alkyl halides is 3. The molecule has 94 valence electrons. The van der Waals surface area contributed by atoms with Crippen LogP contribution in [0.15, 0.2) is 0 Å². The van der Waals surface area contributed by atoms with E-state index in [0.29, 0.717) is 6.42 Å². The summed E-state index contributed by atoms with van der Waals surface area (Å²) in [6.45, 7) is 1.90. The van der Waals surface area contributed by atoms with Crippen LogP contribution < -0.4 is 0 Å². The maximum atomic E-state index is 12.4. The van der Waals surface area contributed by atoms with Crippen LogP contribution in [-0.4, -0.2) is 17.3 Å². The first-order valence-electron chi connectivity index (χ1n) is 5.59. The van der Waals surface area contributed by atoms with E-state index in [9.17, 15) is 18.0 Å². The summed E-state index contributed by atoms with van der Waals surface area (Å²) in [6.07, 6.45) is -3.08. The van der Waals surface area contributed by atoms with Crippen LogP contribution in [0.2, 0.25) is 0 Å². The van der Waals surface area contributed by atoms with Crippen molar-refractivity contribution in [2.75, 3.05) is 0 Å². The molecule has 1 N–H and O–H groups in total. The molecule has 0 amide bonds. The molecule has 0 bridgehead atoms. The number of carbonyl (C=O) groups is 1. The quantitative estimate of drug-likeness (QED) is 0.815. The van der Waals surface area contributed by atoms with Gasteiger partial charge in [-0.3, -0.25) is 4.79 Å². The molecule has 0 aromatic rings. The van der Waals surface area contributed by atoms with Crippen molar-refractivity contribution in [2.45, 2.75) is 51.6 Å². The Labute approximate surface area is 92.8 Å². The second-order valence-corrected chi connectivity index (χ2v) is 4.75. The lowest BCUT2D eigenvalue weighted by atomic mass is 9.67. The van der Waals surface area contributed by atoms with E-state index in [-0.39, 0.29) is 18.8 Å². The van der Waals surface area contributed by atoms with Crippen LogP contribution in [0.4, 0.5) is 13.2 Å². The van der Waals surface area contributed by atoms with Crippen molar-refractivity contribution >= 4 is 5.97 Å². The molecule has 1 aliphatic carbocycles. The Bertz CT molecular complexity index is 262. The summed E-state index contributed by atoms with van der Waals surface area (Å²) < 4.78 is 37.2. The zero-order valence-corrected chi connectivity index (χ0v) is 9.31. The number of hydrogen-bond acceptors (Lipinski definition) is 1. The van der Waals surface area contributed by atoms with Gasteiger partial charge in [0.1, 0.15) is 0 Å². The first-order valence-corrected chi connectivity index (χ1v) is 5.59. The van der Waals surface area contributed by atoms with Gasteiger partial charge in [-0.05, 0) is 18.8 Å². The molecular weight excluding hydrogens is 221 g/mol. The first-order chi connectivity index (χ1) is 7.29. The minimum Gasteiger partial charge on any atom is -0.481 e. The van der Waals surface area contributed by atoms with Crippen LogP contribution in [0.5, 0.6) is 0 Å². The molecule has 0 spiro atoms. The third-order valence-electron chi connectivity index (χ3n) is 3.52. The molecule has 16 heavy (non-hydrogen) atoms. The van der Waals surface area contributed by atoms with Gasteiger partial charge in [-0.15, -0.1) is 0 Å². The summed E-state index contributed by atoms with van der Waals surface area (Å²) >= 11 is 0. The average molecular weight is 238 g/mol. The van der Waals surface area contributed by atoms with Crippen molar-refractivity contribution < 1.29 is 23.1 Å². The predicted octanol–water partition coefficient (Wildman–Crippen LogP) is 3.61. The van der Waals surface area contributed by atoms with E-state index in [1.807, 2.05) is 6.92 Å². The van der Waals surface area contributed by atoms with Crippen LogP contribution in [0, 0.1) is 11.3 Å². The Morgan fingerprint density at radius 1 is 1.50 bits per heavy atom. The van der Waals surface area contributed by atoms with Crippen LogP contribution in [0.1, 0.15) is 45.4 Å². The third kappa shape index (κ3) is 3.12. The van der Waals surface area contributed by atoms with E-state index in [1.54, 1.807) is 0 Å². The average Bonchev–Trinajstić information content (AvgIpc) is 2.15. The van der Waals surface area contributed by atoms with Crippen LogP contribution in [0.3, 0.4) is 0 Å². The minimum atomic E-state index is -4.39. The fraction of sp³-hybridized carbons (Fsp3) is 0.909. The summed E-state index contributed by atoms with van der Waals surface area (Å²) in [6, 6.07) is 0. The molecule has 0 aromatic heterocycles. The lowest BCUT2D eigenvalue weighted by Crippen LogP contribution is -2.40. The Balaban J connectivity index is 2.84. The summed E-state index contributed by atoms with van der Waals surface area (Å²) in [4.78, 5) is 11.1. The second kappa shape index (κ2) is 4.63. The number of hydrogen-bond donors (Lipinski definition) is 1. The van der Waals surface area contributed by atoms with Gasteiger partial charge in [-0.1, -0.05) is 26.2 Å². The highest BCUT2D eigenvalue weighted by Crippen LogP contribution is 2.47. The van der Waals surface area contributed by atoms with Gasteiger partial charge in [0.15, 0.2) is 0 Å². The third-order valence-corrected chi connectivity index (χ3v) is 3.52. The topological polar surface area (TPSA) is 37.3 Å². The molecular formula is C11H17F3O2. The standard InChI is InChI=1S/C11H17F3O2/c1-2-8-4-3-5-10(6-8,9(15)16)7-11(12,13)14/h8H,2-7H2,1H3,(H,15,16). The first kappa shape index (κ1) is 13.3. The lowest BCUT2D eigenvalue weighted by molar-refractivity contribution is -0.184. The SMILES string of the molecule is CCC1CCCC(CC(F)(F)F)(C(=O)O)C1. The summed E-state index contributed by atoms with van der Waals surface area (Å²) in [5, 5.41) is 9.07. The van der Waals surface area contributed by atoms with E-state index in [2.05, 4.69) is 0 Å². The van der Waals surface area contributed by atoms with Crippen molar-refractivity contribution in [3.05, 3.63) is 0 Å². The molecule has 0 saturated heterocycles. The summed E-state index contributed by atoms with van der Waals surface area (Å²) in [7, 11) is 0. The Kier molecular flexibility index (Phi) is 3.86. The van der Waals surface area contributed by atoms with Crippen LogP contribution >= 0.6 is 0 Å². The van der Waals surface area contributed by atoms with Crippen molar-refractivity contribution in [2.24, 2.45) is 11.3 Å². The van der Waals surface area contributed by atoms with Crippen LogP contribution in [-0.2, 0) is 4.79 Å². The zero-order valence-electron chi connectivity index (χ0n) is 9.31. The largest absolute Gasteiger partial charge is 0.481 e. The highest BCUT2D eigenvalue weighted by Gasteiger charge is 2.49. The van der Waals surface area contributed by atoms with Crippen molar-refractivity contribution in [3.8, 4) is 0 Å². The van der Waals surface area contributed by atoms with E-state index >= 15 is 0 Å². The van der Waals surface area contributed by atoms with Gasteiger partial charge in [0.25, 0.3) is 0 Å². The maximum Gasteiger partial charge on any atom is 0.390 e. The number of carboxylic acid groups (broad SMARTS) is 1. The van der Waals surface area contributed by atoms with Crippen molar-refractivity contribution in [1.82, 2.24) is 0 Å². The zero-order chi connectivity index (χ0) is 12.4. The molecule has 1 aliphatic rings. The number of aliphatic carboxylic acids is 1. The Hall–Kier alpha value is -0.740. The maximum absolute atomic E-state index is 12.4. The second-order valence-electron chi connectivity index (χ2n) is 4.75. The molecule has 5 heteroatoms. The van der Waals surface area contributed by atoms with Gasteiger partial charge < -0.3 is 5.11 Å². The van der Waals surface area contributed by atoms with Gasteiger partial charge in [0.05, 0.1) is 11.8 Å². The fourth-order valence-corrected chi connectivity index (χ4v) is 2.65. The molecule has 1 saturated carbocycles. The highest BCUT2D eigenvalue weighted by molar-refractivity contribution is 5.74. The molecule has 2 nitrogen and oxygen atoms in total. The molecule has 0 aliphatic heterocycles. The minimum absolute atomic E-state index is 0.118. The molecule has 0 radical (unpaired) electrons. The molecule has 1 rings (SSSR count). The normalized spacial score (nSPS) is 31.4. The van der Waals surface area contributed by atoms with E-state index in [4.69, 9.17) is 5.11 Å². The number of halogens is 3. The number of rotatable bonds is 3. The van der Waals surface area contributed by atoms with Gasteiger partial charge in [0, 0.05) is 0 Å². The van der Waals surface area contributed by atoms with Crippen molar-refractivity contribution in [1.29, 1.82) is 0 Å². The van der Waals surface area contributed by atoms with Gasteiger partial charge in [0.2, 0.25) is 0 Å². The number of carboxylic acids is 1. The lowest BCUT2D eigenvalue weighted by Gasteiger charge is -2.37. The van der Waals surface area contributed by atoms with E-state index < -0.39 is 24.0 Å². The van der Waals surface area contributed by atoms with E-state index in [0.717, 1.165) is 12.8 Å². The van der Waals surface area contributed by atoms with Gasteiger partial charge in [-0.25, -0.2) is 0 Å². The Morgan fingerprint density at radius 2 is 2.12 bits per heavy atom. The molecule has 1 fully saturated rings. The van der Waals surface area contributed by atoms with Crippen molar-refractivity contribution in [3.63, 3.8) is 0 Å². The fourth-order valence-electron chi connectivity index (χ4n) is 2.65. The van der Waals surface area contributed by atoms with Gasteiger partial charge in [-0.2, -0.15) is 13.2 Å². The molecule has 0 aromatic carbocycles. The smallest absolute Gasteiger partial charge is 0.390 e. The predicted molar refractivity (Wildman–Crippen MR) is 53.0 cm³/mol. The van der Waals surface area contributed by atoms with Gasteiger partial charge >= 0.3 is 12.1 Å². The van der Waals surface area contributed by atoms with E-state index in [1.165, 1.54) is 0 Å². The molecule has 0 heterocycles. The summed E-state index contributed by atoms with van der Waals surface area (Å²) in [5.74, 6) is -1.17. The van der Waals surface area contributed by atoms with Crippen LogP contribution in [0.25, 0.3) is 0 Å². The monoisotopic (exact) mass is 238 g/mol. The molecule has 2 atom stereocenters. The molecule has 2 unspecified atom stereocenters.